The van der Waals surface area contributed by atoms with Crippen molar-refractivity contribution in [1.82, 2.24) is 14.9 Å². The number of ether oxygens (including phenoxy) is 2. The second-order valence-electron chi connectivity index (χ2n) is 5.02. The van der Waals surface area contributed by atoms with Gasteiger partial charge in [0, 0.05) is 15.6 Å². The summed E-state index contributed by atoms with van der Waals surface area (Å²) in [5, 5.41) is 12.7. The fourth-order valence-electron chi connectivity index (χ4n) is 2.07. The number of rotatable bonds is 6. The van der Waals surface area contributed by atoms with Gasteiger partial charge in [-0.05, 0) is 35.9 Å². The Morgan fingerprint density at radius 2 is 1.88 bits per heavy atom. The molecule has 128 valence electrons. The monoisotopic (exact) mass is 376 g/mol. The van der Waals surface area contributed by atoms with Crippen molar-refractivity contribution in [2.24, 2.45) is 5.10 Å². The summed E-state index contributed by atoms with van der Waals surface area (Å²) in [4.78, 5) is 0. The third-order valence-corrected chi connectivity index (χ3v) is 3.92. The van der Waals surface area contributed by atoms with Gasteiger partial charge in [-0.25, -0.2) is 4.68 Å². The van der Waals surface area contributed by atoms with Crippen LogP contribution >= 0.6 is 23.2 Å². The van der Waals surface area contributed by atoms with Crippen LogP contribution in [-0.4, -0.2) is 28.2 Å². The molecule has 0 spiro atoms. The second-order valence-corrected chi connectivity index (χ2v) is 5.86. The first-order valence-corrected chi connectivity index (χ1v) is 8.05. The van der Waals surface area contributed by atoms with Gasteiger partial charge in [0.2, 0.25) is 0 Å². The Balaban J connectivity index is 1.73. The Morgan fingerprint density at radius 3 is 2.60 bits per heavy atom. The zero-order valence-corrected chi connectivity index (χ0v) is 14.8. The number of methoxy groups -OCH3 is 1. The molecule has 2 aromatic carbocycles. The summed E-state index contributed by atoms with van der Waals surface area (Å²) in [6.45, 7) is 0.306. The lowest BCUT2D eigenvalue weighted by atomic mass is 10.2. The number of hydrogen-bond donors (Lipinski definition) is 0. The molecule has 0 saturated heterocycles. The van der Waals surface area contributed by atoms with Crippen LogP contribution in [-0.2, 0) is 6.61 Å². The van der Waals surface area contributed by atoms with Gasteiger partial charge in [0.1, 0.15) is 19.3 Å². The lowest BCUT2D eigenvalue weighted by Crippen LogP contribution is -1.99. The van der Waals surface area contributed by atoms with Gasteiger partial charge in [-0.3, -0.25) is 0 Å². The van der Waals surface area contributed by atoms with Crippen LogP contribution in [0.5, 0.6) is 11.5 Å². The molecule has 25 heavy (non-hydrogen) atoms. The molecule has 1 aromatic heterocycles. The molecular formula is C17H14Cl2N4O2. The maximum absolute atomic E-state index is 6.16. The summed E-state index contributed by atoms with van der Waals surface area (Å²) in [5.41, 5.74) is 1.69. The Labute approximate surface area is 154 Å². The molecule has 3 aromatic rings. The average molecular weight is 377 g/mol. The predicted octanol–water partition coefficient (Wildman–Crippen LogP) is 4.05. The highest BCUT2D eigenvalue weighted by Gasteiger charge is 2.08. The zero-order chi connectivity index (χ0) is 17.6. The van der Waals surface area contributed by atoms with Crippen molar-refractivity contribution in [2.45, 2.75) is 6.61 Å². The smallest absolute Gasteiger partial charge is 0.161 e. The molecule has 0 aliphatic heterocycles. The summed E-state index contributed by atoms with van der Waals surface area (Å²) >= 11 is 12.1. The van der Waals surface area contributed by atoms with Crippen LogP contribution in [0.25, 0.3) is 0 Å². The largest absolute Gasteiger partial charge is 0.493 e. The van der Waals surface area contributed by atoms with E-state index in [1.807, 2.05) is 24.3 Å². The van der Waals surface area contributed by atoms with Crippen molar-refractivity contribution in [1.29, 1.82) is 0 Å². The minimum Gasteiger partial charge on any atom is -0.493 e. The molecule has 0 aliphatic carbocycles. The standard InChI is InChI=1S/C17H14Cl2N4O2/c1-24-17-6-12(8-22-23-10-20-21-11-23)2-5-16(17)25-9-13-3-4-14(18)7-15(13)19/h2-8,10-11H,9H2,1H3/b22-8-. The van der Waals surface area contributed by atoms with Crippen molar-refractivity contribution < 1.29 is 9.47 Å². The molecule has 8 heteroatoms. The Hall–Kier alpha value is -2.57. The maximum Gasteiger partial charge on any atom is 0.161 e. The van der Waals surface area contributed by atoms with Crippen molar-refractivity contribution in [2.75, 3.05) is 7.11 Å². The number of hydrogen-bond acceptors (Lipinski definition) is 5. The molecule has 0 atom stereocenters. The molecule has 0 saturated carbocycles. The summed E-state index contributed by atoms with van der Waals surface area (Å²) in [5.74, 6) is 1.20. The molecule has 0 N–H and O–H groups in total. The second kappa shape index (κ2) is 8.00. The van der Waals surface area contributed by atoms with E-state index in [1.54, 1.807) is 25.5 Å². The molecule has 0 fully saturated rings. The van der Waals surface area contributed by atoms with Crippen LogP contribution in [0.1, 0.15) is 11.1 Å². The molecule has 0 bridgehead atoms. The number of aromatic nitrogens is 3. The molecule has 1 heterocycles. The van der Waals surface area contributed by atoms with Crippen molar-refractivity contribution >= 4 is 29.4 Å². The molecule has 3 rings (SSSR count). The lowest BCUT2D eigenvalue weighted by Gasteiger charge is -2.12. The highest BCUT2D eigenvalue weighted by atomic mass is 35.5. The number of benzene rings is 2. The van der Waals surface area contributed by atoms with Crippen molar-refractivity contribution in [3.05, 3.63) is 70.2 Å². The first kappa shape index (κ1) is 17.3. The molecule has 0 radical (unpaired) electrons. The third kappa shape index (κ3) is 4.49. The third-order valence-electron chi connectivity index (χ3n) is 3.33. The van der Waals surface area contributed by atoms with E-state index < -0.39 is 0 Å². The molecule has 0 amide bonds. The molecule has 0 unspecified atom stereocenters. The SMILES string of the molecule is COc1cc(/C=N\n2cnnc2)ccc1OCc1ccc(Cl)cc1Cl. The quantitative estimate of drug-likeness (QED) is 0.608. The van der Waals surface area contributed by atoms with Crippen LogP contribution in [0.4, 0.5) is 0 Å². The van der Waals surface area contributed by atoms with E-state index in [9.17, 15) is 0 Å². The fraction of sp³-hybridized carbons (Fsp3) is 0.118. The number of nitrogens with zero attached hydrogens (tertiary/aromatic N) is 4. The average Bonchev–Trinajstić information content (AvgIpc) is 3.13. The number of halogens is 2. The van der Waals surface area contributed by atoms with E-state index in [1.165, 1.54) is 17.3 Å². The summed E-state index contributed by atoms with van der Waals surface area (Å²) in [7, 11) is 1.58. The molecule has 0 aliphatic rings. The topological polar surface area (TPSA) is 61.5 Å². The summed E-state index contributed by atoms with van der Waals surface area (Å²) in [6, 6.07) is 10.8. The zero-order valence-electron chi connectivity index (χ0n) is 13.3. The van der Waals surface area contributed by atoms with Crippen LogP contribution in [0.3, 0.4) is 0 Å². The summed E-state index contributed by atoms with van der Waals surface area (Å²) < 4.78 is 12.7. The van der Waals surface area contributed by atoms with Gasteiger partial charge >= 0.3 is 0 Å². The Kier molecular flexibility index (Phi) is 5.53. The lowest BCUT2D eigenvalue weighted by molar-refractivity contribution is 0.284. The van der Waals surface area contributed by atoms with E-state index >= 15 is 0 Å². The highest BCUT2D eigenvalue weighted by Crippen LogP contribution is 2.29. The van der Waals surface area contributed by atoms with Gasteiger partial charge in [0.15, 0.2) is 11.5 Å². The van der Waals surface area contributed by atoms with Crippen LogP contribution in [0.2, 0.25) is 10.0 Å². The summed E-state index contributed by atoms with van der Waals surface area (Å²) in [6.07, 6.45) is 4.67. The van der Waals surface area contributed by atoms with Gasteiger partial charge in [0.25, 0.3) is 0 Å². The van der Waals surface area contributed by atoms with Gasteiger partial charge < -0.3 is 9.47 Å². The molecular weight excluding hydrogens is 363 g/mol. The van der Waals surface area contributed by atoms with Gasteiger partial charge in [-0.2, -0.15) is 5.10 Å². The first-order valence-electron chi connectivity index (χ1n) is 7.29. The van der Waals surface area contributed by atoms with E-state index in [2.05, 4.69) is 15.3 Å². The van der Waals surface area contributed by atoms with Crippen LogP contribution < -0.4 is 9.47 Å². The van der Waals surface area contributed by atoms with Crippen LogP contribution in [0.15, 0.2) is 54.2 Å². The van der Waals surface area contributed by atoms with E-state index in [-0.39, 0.29) is 0 Å². The minimum absolute atomic E-state index is 0.306. The maximum atomic E-state index is 6.16. The van der Waals surface area contributed by atoms with E-state index in [0.29, 0.717) is 28.2 Å². The predicted molar refractivity (Wildman–Crippen MR) is 96.8 cm³/mol. The Morgan fingerprint density at radius 1 is 1.08 bits per heavy atom. The van der Waals surface area contributed by atoms with Gasteiger partial charge in [-0.1, -0.05) is 29.3 Å². The van der Waals surface area contributed by atoms with E-state index in [4.69, 9.17) is 32.7 Å². The van der Waals surface area contributed by atoms with Crippen molar-refractivity contribution in [3.8, 4) is 11.5 Å². The van der Waals surface area contributed by atoms with Gasteiger partial charge in [0.05, 0.1) is 13.3 Å². The van der Waals surface area contributed by atoms with Gasteiger partial charge in [-0.15, -0.1) is 10.2 Å². The van der Waals surface area contributed by atoms with E-state index in [0.717, 1.165) is 11.1 Å². The van der Waals surface area contributed by atoms with Crippen molar-refractivity contribution in [3.63, 3.8) is 0 Å². The highest BCUT2D eigenvalue weighted by molar-refractivity contribution is 6.35. The first-order chi connectivity index (χ1) is 12.2. The normalized spacial score (nSPS) is 11.0. The Bertz CT molecular complexity index is 882. The fourth-order valence-corrected chi connectivity index (χ4v) is 2.53. The molecule has 6 nitrogen and oxygen atoms in total. The minimum atomic E-state index is 0.306. The van der Waals surface area contributed by atoms with Crippen LogP contribution in [0, 0.1) is 0 Å².